The van der Waals surface area contributed by atoms with Crippen molar-refractivity contribution in [2.75, 3.05) is 7.05 Å². The van der Waals surface area contributed by atoms with Crippen LogP contribution in [0.2, 0.25) is 10.2 Å². The van der Waals surface area contributed by atoms with Crippen molar-refractivity contribution in [3.63, 3.8) is 0 Å². The predicted molar refractivity (Wildman–Crippen MR) is 73.7 cm³/mol. The molecular weight excluding hydrogens is 344 g/mol. The van der Waals surface area contributed by atoms with Crippen LogP contribution in [0.1, 0.15) is 17.2 Å². The number of benzene rings is 1. The average Bonchev–Trinajstić information content (AvgIpc) is 2.77. The zero-order chi connectivity index (χ0) is 13.3. The molecule has 96 valence electrons. The van der Waals surface area contributed by atoms with Crippen LogP contribution in [0.25, 0.3) is 0 Å². The van der Waals surface area contributed by atoms with Crippen molar-refractivity contribution in [1.29, 1.82) is 0 Å². The molecule has 0 amide bonds. The van der Waals surface area contributed by atoms with Crippen LogP contribution < -0.4 is 5.32 Å². The second kappa shape index (κ2) is 5.61. The summed E-state index contributed by atoms with van der Waals surface area (Å²) in [6.45, 7) is 0. The van der Waals surface area contributed by atoms with Crippen molar-refractivity contribution >= 4 is 39.1 Å². The van der Waals surface area contributed by atoms with Crippen LogP contribution in [0.5, 0.6) is 0 Å². The van der Waals surface area contributed by atoms with E-state index >= 15 is 0 Å². The second-order valence-corrected chi connectivity index (χ2v) is 5.21. The van der Waals surface area contributed by atoms with Gasteiger partial charge in [-0.3, -0.25) is 0 Å². The van der Waals surface area contributed by atoms with Gasteiger partial charge >= 0.3 is 0 Å². The van der Waals surface area contributed by atoms with Gasteiger partial charge in [-0.05, 0) is 46.7 Å². The first kappa shape index (κ1) is 13.9. The fourth-order valence-electron chi connectivity index (χ4n) is 1.75. The van der Waals surface area contributed by atoms with E-state index in [1.807, 2.05) is 0 Å². The van der Waals surface area contributed by atoms with E-state index in [-0.39, 0.29) is 10.2 Å². The predicted octanol–water partition coefficient (Wildman–Crippen LogP) is 4.80. The molecule has 0 saturated carbocycles. The van der Waals surface area contributed by atoms with Crippen LogP contribution in [-0.4, -0.2) is 7.05 Å². The minimum Gasteiger partial charge on any atom is -0.453 e. The quantitative estimate of drug-likeness (QED) is 0.803. The van der Waals surface area contributed by atoms with E-state index in [9.17, 15) is 4.39 Å². The van der Waals surface area contributed by atoms with Gasteiger partial charge in [0.15, 0.2) is 5.22 Å². The van der Waals surface area contributed by atoms with Gasteiger partial charge in [0.2, 0.25) is 0 Å². The van der Waals surface area contributed by atoms with Gasteiger partial charge in [0.05, 0.1) is 17.3 Å². The first-order valence-electron chi connectivity index (χ1n) is 5.09. The van der Waals surface area contributed by atoms with Gasteiger partial charge in [-0.1, -0.05) is 17.7 Å². The zero-order valence-electron chi connectivity index (χ0n) is 9.31. The molecule has 0 aliphatic heterocycles. The summed E-state index contributed by atoms with van der Waals surface area (Å²) in [7, 11) is 1.71. The molecule has 0 spiro atoms. The van der Waals surface area contributed by atoms with Crippen LogP contribution in [0.3, 0.4) is 0 Å². The Kier molecular flexibility index (Phi) is 4.33. The molecule has 0 radical (unpaired) electrons. The van der Waals surface area contributed by atoms with Crippen LogP contribution in [0.15, 0.2) is 33.4 Å². The standard InChI is InChI=1S/C12H9BrCl2FNO/c1-17-11(7-4-5-18-12(7)15)6-2-3-8(13)9(14)10(6)16/h2-5,11,17H,1H3. The molecule has 1 aromatic carbocycles. The van der Waals surface area contributed by atoms with Crippen molar-refractivity contribution in [3.8, 4) is 0 Å². The Labute approximate surface area is 122 Å². The molecule has 0 bridgehead atoms. The Morgan fingerprint density at radius 1 is 1.28 bits per heavy atom. The molecular formula is C12H9BrCl2FNO. The van der Waals surface area contributed by atoms with Gasteiger partial charge in [0.1, 0.15) is 5.82 Å². The third kappa shape index (κ3) is 2.43. The molecule has 1 N–H and O–H groups in total. The van der Waals surface area contributed by atoms with Crippen molar-refractivity contribution in [3.05, 3.63) is 56.1 Å². The lowest BCUT2D eigenvalue weighted by molar-refractivity contribution is 0.550. The highest BCUT2D eigenvalue weighted by Gasteiger charge is 2.22. The Bertz CT molecular complexity index is 573. The molecule has 0 aliphatic rings. The molecule has 18 heavy (non-hydrogen) atoms. The van der Waals surface area contributed by atoms with E-state index in [0.717, 1.165) is 0 Å². The minimum absolute atomic E-state index is 0.0485. The SMILES string of the molecule is CNC(c1ccoc1Cl)c1ccc(Br)c(Cl)c1F. The van der Waals surface area contributed by atoms with Crippen LogP contribution in [-0.2, 0) is 0 Å². The number of hydrogen-bond acceptors (Lipinski definition) is 2. The van der Waals surface area contributed by atoms with Crippen molar-refractivity contribution in [2.24, 2.45) is 0 Å². The summed E-state index contributed by atoms with van der Waals surface area (Å²) >= 11 is 15.0. The fourth-order valence-corrected chi connectivity index (χ4v) is 2.45. The van der Waals surface area contributed by atoms with Gasteiger partial charge in [-0.25, -0.2) is 4.39 Å². The number of furan rings is 1. The molecule has 0 fully saturated rings. The van der Waals surface area contributed by atoms with E-state index in [1.165, 1.54) is 6.26 Å². The smallest absolute Gasteiger partial charge is 0.198 e. The normalized spacial score (nSPS) is 12.7. The zero-order valence-corrected chi connectivity index (χ0v) is 12.4. The van der Waals surface area contributed by atoms with E-state index in [1.54, 1.807) is 25.2 Å². The van der Waals surface area contributed by atoms with E-state index < -0.39 is 11.9 Å². The van der Waals surface area contributed by atoms with Crippen molar-refractivity contribution in [1.82, 2.24) is 5.32 Å². The number of hydrogen-bond donors (Lipinski definition) is 1. The largest absolute Gasteiger partial charge is 0.453 e. The highest BCUT2D eigenvalue weighted by atomic mass is 79.9. The molecule has 0 saturated heterocycles. The molecule has 1 aromatic heterocycles. The molecule has 2 aromatic rings. The van der Waals surface area contributed by atoms with Crippen molar-refractivity contribution < 1.29 is 8.81 Å². The topological polar surface area (TPSA) is 25.2 Å². The van der Waals surface area contributed by atoms with E-state index in [2.05, 4.69) is 21.2 Å². The first-order valence-corrected chi connectivity index (χ1v) is 6.64. The van der Waals surface area contributed by atoms with Crippen LogP contribution >= 0.6 is 39.1 Å². The van der Waals surface area contributed by atoms with Crippen molar-refractivity contribution in [2.45, 2.75) is 6.04 Å². The summed E-state index contributed by atoms with van der Waals surface area (Å²) in [5.41, 5.74) is 1.07. The lowest BCUT2D eigenvalue weighted by Crippen LogP contribution is -2.19. The summed E-state index contributed by atoms with van der Waals surface area (Å²) in [5, 5.41) is 3.27. The molecule has 1 atom stereocenters. The summed E-state index contributed by atoms with van der Waals surface area (Å²) < 4.78 is 19.7. The highest BCUT2D eigenvalue weighted by Crippen LogP contribution is 2.35. The Balaban J connectivity index is 2.53. The summed E-state index contributed by atoms with van der Waals surface area (Å²) in [6, 6.07) is 4.62. The monoisotopic (exact) mass is 351 g/mol. The maximum atomic E-state index is 14.1. The average molecular weight is 353 g/mol. The van der Waals surface area contributed by atoms with E-state index in [4.69, 9.17) is 27.6 Å². The van der Waals surface area contributed by atoms with E-state index in [0.29, 0.717) is 15.6 Å². The van der Waals surface area contributed by atoms with Crippen LogP contribution in [0, 0.1) is 5.82 Å². The first-order chi connectivity index (χ1) is 8.56. The van der Waals surface area contributed by atoms with Gasteiger partial charge in [-0.15, -0.1) is 0 Å². The molecule has 2 rings (SSSR count). The summed E-state index contributed by atoms with van der Waals surface area (Å²) in [5.74, 6) is -0.484. The fraction of sp³-hybridized carbons (Fsp3) is 0.167. The minimum atomic E-state index is -0.484. The Morgan fingerprint density at radius 2 is 2.00 bits per heavy atom. The Morgan fingerprint density at radius 3 is 2.56 bits per heavy atom. The number of rotatable bonds is 3. The lowest BCUT2D eigenvalue weighted by atomic mass is 10.0. The Hall–Kier alpha value is -0.550. The van der Waals surface area contributed by atoms with Gasteiger partial charge in [0.25, 0.3) is 0 Å². The molecule has 2 nitrogen and oxygen atoms in total. The van der Waals surface area contributed by atoms with Gasteiger partial charge < -0.3 is 9.73 Å². The third-order valence-corrected chi connectivity index (χ3v) is 4.19. The van der Waals surface area contributed by atoms with Gasteiger partial charge in [-0.2, -0.15) is 0 Å². The molecule has 1 heterocycles. The summed E-state index contributed by atoms with van der Waals surface area (Å²) in [4.78, 5) is 0. The third-order valence-electron chi connectivity index (χ3n) is 2.62. The van der Waals surface area contributed by atoms with Gasteiger partial charge in [0, 0.05) is 15.6 Å². The molecule has 1 unspecified atom stereocenters. The maximum Gasteiger partial charge on any atom is 0.198 e. The lowest BCUT2D eigenvalue weighted by Gasteiger charge is -2.17. The highest BCUT2D eigenvalue weighted by molar-refractivity contribution is 9.10. The van der Waals surface area contributed by atoms with Crippen LogP contribution in [0.4, 0.5) is 4.39 Å². The number of nitrogens with one attached hydrogen (secondary N) is 1. The molecule has 0 aliphatic carbocycles. The maximum absolute atomic E-state index is 14.1. The second-order valence-electron chi connectivity index (χ2n) is 3.64. The summed E-state index contributed by atoms with van der Waals surface area (Å²) in [6.07, 6.45) is 1.46. The number of halogens is 4. The molecule has 6 heteroatoms.